The van der Waals surface area contributed by atoms with Crippen LogP contribution >= 0.6 is 0 Å². The molecule has 88 valence electrons. The molecule has 1 aliphatic carbocycles. The Morgan fingerprint density at radius 3 is 2.67 bits per heavy atom. The van der Waals surface area contributed by atoms with E-state index in [1.54, 1.807) is 7.11 Å². The molecule has 15 heavy (non-hydrogen) atoms. The lowest BCUT2D eigenvalue weighted by molar-refractivity contribution is 0.145. The van der Waals surface area contributed by atoms with E-state index in [0.717, 1.165) is 0 Å². The van der Waals surface area contributed by atoms with Gasteiger partial charge < -0.3 is 15.4 Å². The van der Waals surface area contributed by atoms with Gasteiger partial charge in [-0.1, -0.05) is 12.8 Å². The monoisotopic (exact) mass is 213 g/mol. The van der Waals surface area contributed by atoms with Crippen LogP contribution in [0.2, 0.25) is 0 Å². The second-order valence-corrected chi connectivity index (χ2v) is 4.34. The van der Waals surface area contributed by atoms with Gasteiger partial charge in [-0.3, -0.25) is 0 Å². The topological polar surface area (TPSA) is 50.9 Å². The molecule has 0 bridgehead atoms. The summed E-state index contributed by atoms with van der Waals surface area (Å²) in [5.74, 6) is 0.645. The van der Waals surface area contributed by atoms with Crippen LogP contribution in [0.5, 0.6) is 0 Å². The van der Waals surface area contributed by atoms with E-state index >= 15 is 0 Å². The molecule has 4 nitrogen and oxygen atoms in total. The lowest BCUT2D eigenvalue weighted by atomic mass is 10.3. The second kappa shape index (κ2) is 5.95. The van der Waals surface area contributed by atoms with Gasteiger partial charge in [0.15, 0.2) is 5.96 Å². The number of nitrogens with two attached hydrogens (primary N) is 1. The molecule has 1 aliphatic rings. The van der Waals surface area contributed by atoms with Crippen molar-refractivity contribution in [1.82, 2.24) is 4.90 Å². The standard InChI is InChI=1S/C11H23N3O/c1-9(8-15-3)14(2)11(12)13-10-6-4-5-7-10/h9-10H,4-8H2,1-3H3,(H2,12,13). The Balaban J connectivity index is 2.46. The summed E-state index contributed by atoms with van der Waals surface area (Å²) in [6.45, 7) is 2.76. The first-order chi connectivity index (χ1) is 7.15. The van der Waals surface area contributed by atoms with Gasteiger partial charge in [0, 0.05) is 14.2 Å². The minimum Gasteiger partial charge on any atom is -0.383 e. The predicted molar refractivity (Wildman–Crippen MR) is 63.0 cm³/mol. The van der Waals surface area contributed by atoms with Crippen LogP contribution in [-0.2, 0) is 4.74 Å². The number of nitrogens with zero attached hydrogens (tertiary/aromatic N) is 2. The van der Waals surface area contributed by atoms with E-state index in [9.17, 15) is 0 Å². The molecule has 0 aliphatic heterocycles. The van der Waals surface area contributed by atoms with Crippen molar-refractivity contribution >= 4 is 5.96 Å². The maximum atomic E-state index is 5.95. The van der Waals surface area contributed by atoms with Crippen molar-refractivity contribution in [2.24, 2.45) is 10.7 Å². The van der Waals surface area contributed by atoms with Gasteiger partial charge in [0.2, 0.25) is 0 Å². The normalized spacial score (nSPS) is 20.6. The Morgan fingerprint density at radius 1 is 1.53 bits per heavy atom. The van der Waals surface area contributed by atoms with E-state index in [4.69, 9.17) is 10.5 Å². The Morgan fingerprint density at radius 2 is 2.13 bits per heavy atom. The third-order valence-corrected chi connectivity index (χ3v) is 3.07. The third kappa shape index (κ3) is 3.70. The fraction of sp³-hybridized carbons (Fsp3) is 0.909. The van der Waals surface area contributed by atoms with Crippen LogP contribution in [0, 0.1) is 0 Å². The summed E-state index contributed by atoms with van der Waals surface area (Å²) < 4.78 is 5.09. The van der Waals surface area contributed by atoms with Crippen molar-refractivity contribution in [2.75, 3.05) is 20.8 Å². The van der Waals surface area contributed by atoms with Gasteiger partial charge in [-0.15, -0.1) is 0 Å². The molecule has 0 heterocycles. The van der Waals surface area contributed by atoms with Gasteiger partial charge >= 0.3 is 0 Å². The van der Waals surface area contributed by atoms with Gasteiger partial charge in [-0.05, 0) is 19.8 Å². The highest BCUT2D eigenvalue weighted by Gasteiger charge is 2.16. The number of ether oxygens (including phenoxy) is 1. The molecule has 1 rings (SSSR count). The lowest BCUT2D eigenvalue weighted by Crippen LogP contribution is -2.43. The Hall–Kier alpha value is -0.770. The zero-order valence-corrected chi connectivity index (χ0v) is 10.1. The minimum atomic E-state index is 0.278. The fourth-order valence-electron chi connectivity index (χ4n) is 1.89. The summed E-state index contributed by atoms with van der Waals surface area (Å²) >= 11 is 0. The molecule has 0 radical (unpaired) electrons. The summed E-state index contributed by atoms with van der Waals surface area (Å²) in [7, 11) is 3.67. The van der Waals surface area contributed by atoms with Crippen molar-refractivity contribution in [3.63, 3.8) is 0 Å². The smallest absolute Gasteiger partial charge is 0.191 e. The van der Waals surface area contributed by atoms with Crippen LogP contribution < -0.4 is 5.73 Å². The Bertz CT molecular complexity index is 212. The number of rotatable bonds is 4. The highest BCUT2D eigenvalue weighted by atomic mass is 16.5. The molecule has 0 saturated heterocycles. The molecular formula is C11H23N3O. The van der Waals surface area contributed by atoms with Crippen LogP contribution in [0.25, 0.3) is 0 Å². The van der Waals surface area contributed by atoms with Crippen LogP contribution in [0.3, 0.4) is 0 Å². The zero-order valence-electron chi connectivity index (χ0n) is 10.1. The van der Waals surface area contributed by atoms with Crippen LogP contribution in [0.1, 0.15) is 32.6 Å². The molecule has 1 fully saturated rings. The summed E-state index contributed by atoms with van der Waals surface area (Å²) in [6, 6.07) is 0.724. The van der Waals surface area contributed by atoms with E-state index in [1.807, 2.05) is 11.9 Å². The average Bonchev–Trinajstić information content (AvgIpc) is 2.69. The number of hydrogen-bond donors (Lipinski definition) is 1. The molecular weight excluding hydrogens is 190 g/mol. The first-order valence-electron chi connectivity index (χ1n) is 5.70. The van der Waals surface area contributed by atoms with Crippen molar-refractivity contribution < 1.29 is 4.74 Å². The summed E-state index contributed by atoms with van der Waals surface area (Å²) in [6.07, 6.45) is 4.96. The van der Waals surface area contributed by atoms with Gasteiger partial charge in [-0.2, -0.15) is 0 Å². The summed E-state index contributed by atoms with van der Waals surface area (Å²) in [5.41, 5.74) is 5.95. The largest absolute Gasteiger partial charge is 0.383 e. The summed E-state index contributed by atoms with van der Waals surface area (Å²) in [5, 5.41) is 0. The van der Waals surface area contributed by atoms with Crippen molar-refractivity contribution in [2.45, 2.75) is 44.7 Å². The highest BCUT2D eigenvalue weighted by Crippen LogP contribution is 2.20. The third-order valence-electron chi connectivity index (χ3n) is 3.07. The SMILES string of the molecule is COCC(C)N(C)C(N)=NC1CCCC1. The van der Waals surface area contributed by atoms with Crippen LogP contribution in [0.15, 0.2) is 4.99 Å². The quantitative estimate of drug-likeness (QED) is 0.564. The molecule has 2 N–H and O–H groups in total. The van der Waals surface area contributed by atoms with Gasteiger partial charge in [0.05, 0.1) is 18.7 Å². The van der Waals surface area contributed by atoms with E-state index < -0.39 is 0 Å². The van der Waals surface area contributed by atoms with Crippen molar-refractivity contribution in [1.29, 1.82) is 0 Å². The number of methoxy groups -OCH3 is 1. The van der Waals surface area contributed by atoms with Crippen LogP contribution in [-0.4, -0.2) is 43.7 Å². The number of aliphatic imine (C=N–C) groups is 1. The maximum absolute atomic E-state index is 5.95. The molecule has 1 saturated carbocycles. The number of guanidine groups is 1. The first kappa shape index (κ1) is 12.3. The molecule has 4 heteroatoms. The molecule has 0 aromatic carbocycles. The van der Waals surface area contributed by atoms with Gasteiger partial charge in [0.25, 0.3) is 0 Å². The Kier molecular flexibility index (Phi) is 4.88. The molecule has 1 unspecified atom stereocenters. The molecule has 0 spiro atoms. The van der Waals surface area contributed by atoms with E-state index in [-0.39, 0.29) is 6.04 Å². The molecule has 0 amide bonds. The maximum Gasteiger partial charge on any atom is 0.191 e. The molecule has 0 aromatic heterocycles. The van der Waals surface area contributed by atoms with Gasteiger partial charge in [0.1, 0.15) is 0 Å². The van der Waals surface area contributed by atoms with E-state index in [2.05, 4.69) is 11.9 Å². The van der Waals surface area contributed by atoms with Gasteiger partial charge in [-0.25, -0.2) is 4.99 Å². The predicted octanol–water partition coefficient (Wildman–Crippen LogP) is 1.21. The Labute approximate surface area is 92.5 Å². The fourth-order valence-corrected chi connectivity index (χ4v) is 1.89. The molecule has 0 aromatic rings. The van der Waals surface area contributed by atoms with Crippen LogP contribution in [0.4, 0.5) is 0 Å². The summed E-state index contributed by atoms with van der Waals surface area (Å²) in [4.78, 5) is 6.53. The van der Waals surface area contributed by atoms with E-state index in [1.165, 1.54) is 25.7 Å². The average molecular weight is 213 g/mol. The zero-order chi connectivity index (χ0) is 11.3. The molecule has 1 atom stereocenters. The lowest BCUT2D eigenvalue weighted by Gasteiger charge is -2.25. The number of likely N-dealkylation sites (N-methyl/N-ethyl adjacent to an activating group) is 1. The van der Waals surface area contributed by atoms with Crippen molar-refractivity contribution in [3.8, 4) is 0 Å². The number of hydrogen-bond acceptors (Lipinski definition) is 2. The first-order valence-corrected chi connectivity index (χ1v) is 5.70. The second-order valence-electron chi connectivity index (χ2n) is 4.34. The minimum absolute atomic E-state index is 0.278. The van der Waals surface area contributed by atoms with E-state index in [0.29, 0.717) is 18.6 Å². The highest BCUT2D eigenvalue weighted by molar-refractivity contribution is 5.78. The van der Waals surface area contributed by atoms with Crippen molar-refractivity contribution in [3.05, 3.63) is 0 Å².